The number of nitrogen functional groups attached to an aromatic ring is 1. The molecule has 3 N–H and O–H groups in total. The predicted molar refractivity (Wildman–Crippen MR) is 505 cm³/mol. The molecule has 0 saturated heterocycles. The van der Waals surface area contributed by atoms with E-state index in [1.54, 1.807) is 19.1 Å². The summed E-state index contributed by atoms with van der Waals surface area (Å²) in [5.41, 5.74) is 13.1. The van der Waals surface area contributed by atoms with E-state index in [4.69, 9.17) is 51.4 Å². The van der Waals surface area contributed by atoms with Gasteiger partial charge in [0, 0.05) is 81.2 Å². The van der Waals surface area contributed by atoms with Gasteiger partial charge in [-0.2, -0.15) is 9.49 Å². The first-order valence-electron chi connectivity index (χ1n) is 36.5. The minimum atomic E-state index is -3.05. The maximum absolute atomic E-state index is 12.9. The first-order valence-corrected chi connectivity index (χ1v) is 48.7. The Kier molecular flexibility index (Phi) is 43.4. The van der Waals surface area contributed by atoms with Gasteiger partial charge in [0.1, 0.15) is 46.0 Å². The number of anilines is 2. The van der Waals surface area contributed by atoms with Gasteiger partial charge in [0.2, 0.25) is 0 Å². The number of para-hydroxylation sites is 10. The van der Waals surface area contributed by atoms with Gasteiger partial charge in [-0.05, 0) is 179 Å². The van der Waals surface area contributed by atoms with E-state index < -0.39 is 31.1 Å². The zero-order valence-electron chi connectivity index (χ0n) is 65.2. The van der Waals surface area contributed by atoms with Crippen LogP contribution in [0.15, 0.2) is 365 Å². The third-order valence-electron chi connectivity index (χ3n) is 14.9. The van der Waals surface area contributed by atoms with Crippen molar-refractivity contribution in [2.24, 2.45) is 9.49 Å². The molecular formula is C92H99I3N4O9P4. The van der Waals surface area contributed by atoms with Crippen molar-refractivity contribution in [1.29, 1.82) is 0 Å². The van der Waals surface area contributed by atoms with Crippen molar-refractivity contribution in [3.05, 3.63) is 378 Å². The number of nitrogens with one attached hydrogen (secondary N) is 1. The number of allylic oxidation sites excluding steroid dienone is 3. The minimum Gasteiger partial charge on any atom is -0.427 e. The van der Waals surface area contributed by atoms with Crippen LogP contribution < -0.4 is 47.0 Å². The van der Waals surface area contributed by atoms with Gasteiger partial charge in [-0.3, -0.25) is 0 Å². The van der Waals surface area contributed by atoms with Crippen molar-refractivity contribution < 1.29 is 40.8 Å². The zero-order chi connectivity index (χ0) is 80.0. The molecule has 12 aromatic carbocycles. The molecule has 12 aromatic rings. The molecule has 0 fully saturated rings. The summed E-state index contributed by atoms with van der Waals surface area (Å²) < 4.78 is 71.5. The summed E-state index contributed by atoms with van der Waals surface area (Å²) >= 11 is 4.24. The van der Waals surface area contributed by atoms with Crippen LogP contribution in [0.2, 0.25) is 0 Å². The summed E-state index contributed by atoms with van der Waals surface area (Å²) in [7, 11) is -9.98. The molecule has 0 amide bonds. The lowest BCUT2D eigenvalue weighted by atomic mass is 10.2. The highest BCUT2D eigenvalue weighted by Crippen LogP contribution is 2.65. The van der Waals surface area contributed by atoms with Crippen molar-refractivity contribution in [1.82, 2.24) is 0 Å². The Labute approximate surface area is 706 Å². The smallest absolute Gasteiger partial charge is 0.427 e. The molecule has 0 aliphatic carbocycles. The molecule has 582 valence electrons. The van der Waals surface area contributed by atoms with Gasteiger partial charge in [0.25, 0.3) is 0 Å². The topological polar surface area (TPSA) is 154 Å². The number of hydrogen-bond acceptors (Lipinski definition) is 12. The normalized spacial score (nSPS) is 13.1. The van der Waals surface area contributed by atoms with Gasteiger partial charge in [0.15, 0.2) is 0 Å². The SMILES string of the molecule is CC.CC.CC.CC.CC#Cc1ccccc1N.CC1=Cc2ccccc2N=P1(Oc1ccccc1)Oc1ccccc1.CC1=Cc2ccccc2N=P1(Oc1ccccc1)Oc1ccccc1.CC1=Cc2ccccc2NP1(=O)Oc1ccccc1.I.II.c1ccc(OP(Oc2ccccc2)Oc2ccccc2)cc1. The van der Waals surface area contributed by atoms with E-state index in [9.17, 15) is 4.57 Å². The zero-order valence-corrected chi connectivity index (χ0v) is 75.4. The second-order valence-electron chi connectivity index (χ2n) is 22.4. The summed E-state index contributed by atoms with van der Waals surface area (Å²) in [4.78, 5) is 0. The first kappa shape index (κ1) is 93.3. The third kappa shape index (κ3) is 29.7. The van der Waals surface area contributed by atoms with E-state index in [1.807, 2.05) is 398 Å². The van der Waals surface area contributed by atoms with Crippen LogP contribution in [-0.4, -0.2) is 0 Å². The molecule has 0 spiro atoms. The van der Waals surface area contributed by atoms with Crippen LogP contribution in [0.25, 0.3) is 18.2 Å². The molecule has 1 atom stereocenters. The van der Waals surface area contributed by atoms with Crippen molar-refractivity contribution in [2.75, 3.05) is 10.8 Å². The number of rotatable bonds is 16. The highest BCUT2D eigenvalue weighted by Gasteiger charge is 2.35. The number of hydrogen-bond donors (Lipinski definition) is 2. The Morgan fingerprint density at radius 2 is 0.598 bits per heavy atom. The second kappa shape index (κ2) is 52.1. The van der Waals surface area contributed by atoms with Crippen LogP contribution in [0.5, 0.6) is 46.0 Å². The van der Waals surface area contributed by atoms with E-state index >= 15 is 0 Å². The highest BCUT2D eigenvalue weighted by atomic mass is 128. The van der Waals surface area contributed by atoms with Crippen molar-refractivity contribution in [2.45, 2.75) is 83.1 Å². The fraction of sp³-hybridized carbons (Fsp3) is 0.130. The Morgan fingerprint density at radius 1 is 0.339 bits per heavy atom. The fourth-order valence-corrected chi connectivity index (χ4v) is 16.8. The molecule has 0 aromatic heterocycles. The van der Waals surface area contributed by atoms with Gasteiger partial charge >= 0.3 is 31.1 Å². The standard InChI is InChI=1S/2C21H18NO2P.C18H15O3P.C15H14NO2P.C9H9N.4C2H6.I2.HI/c2*1-17-16-18-10-8-9-15-21(18)22-25(17,23-19-11-4-2-5-12-19)24-20-13-6-3-7-14-20;1-4-10-16(11-5-1)19-22(20-17-12-6-2-7-13-17)21-18-14-8-3-9-15-18;1-12-11-13-7-5-6-10-15(13)16-19(12,17)18-14-8-3-2-4-9-14;1-2-5-8-6-3-4-7-9(8)10;5*1-2;/h2*2-16H,1H3;1-15H;2-11H,1H3,(H,16,17);3-4,6-7H,10H2,1H3;4*1-2H3;;1H. The molecule has 15 rings (SSSR count). The molecule has 20 heteroatoms. The Bertz CT molecular complexity index is 4660. The lowest BCUT2D eigenvalue weighted by Crippen LogP contribution is -2.09. The lowest BCUT2D eigenvalue weighted by molar-refractivity contribution is 0.388. The van der Waals surface area contributed by atoms with Crippen LogP contribution >= 0.6 is 92.3 Å². The largest absolute Gasteiger partial charge is 0.530 e. The molecule has 3 aliphatic rings. The second-order valence-corrected chi connectivity index (χ2v) is 30.2. The van der Waals surface area contributed by atoms with Gasteiger partial charge < -0.3 is 47.0 Å². The first-order chi connectivity index (χ1) is 54.4. The third-order valence-corrected chi connectivity index (χ3v) is 22.9. The summed E-state index contributed by atoms with van der Waals surface area (Å²) in [5, 5.41) is 5.75. The van der Waals surface area contributed by atoms with Gasteiger partial charge in [-0.15, -0.1) is 29.9 Å². The molecule has 112 heavy (non-hydrogen) atoms. The Hall–Kier alpha value is -9.27. The van der Waals surface area contributed by atoms with E-state index in [0.717, 1.165) is 83.9 Å². The molecule has 3 aliphatic heterocycles. The molecule has 1 unspecified atom stereocenters. The summed E-state index contributed by atoms with van der Waals surface area (Å²) in [5.74, 6) is 11.4. The van der Waals surface area contributed by atoms with E-state index in [1.165, 1.54) is 0 Å². The van der Waals surface area contributed by atoms with Gasteiger partial charge in [-0.25, -0.2) is 4.57 Å². The average Bonchev–Trinajstić information content (AvgIpc) is 0.779. The van der Waals surface area contributed by atoms with Gasteiger partial charge in [0.05, 0.1) is 11.4 Å². The number of benzene rings is 12. The number of nitrogens with two attached hydrogens (primary N) is 1. The van der Waals surface area contributed by atoms with Crippen molar-refractivity contribution in [3.63, 3.8) is 0 Å². The van der Waals surface area contributed by atoms with E-state index in [-0.39, 0.29) is 24.0 Å². The maximum atomic E-state index is 12.9. The quantitative estimate of drug-likeness (QED) is 0.0411. The van der Waals surface area contributed by atoms with Crippen LogP contribution in [0.1, 0.15) is 105 Å². The lowest BCUT2D eigenvalue weighted by Gasteiger charge is -2.29. The van der Waals surface area contributed by atoms with E-state index in [0.29, 0.717) is 23.0 Å². The van der Waals surface area contributed by atoms with Crippen molar-refractivity contribution in [3.8, 4) is 57.8 Å². The fourth-order valence-electron chi connectivity index (χ4n) is 9.87. The molecule has 0 saturated carbocycles. The maximum Gasteiger partial charge on any atom is 0.530 e. The predicted octanol–water partition coefficient (Wildman–Crippen LogP) is 32.1. The summed E-state index contributed by atoms with van der Waals surface area (Å²) in [6.45, 7) is 23.7. The van der Waals surface area contributed by atoms with E-state index in [2.05, 4.69) is 78.4 Å². The van der Waals surface area contributed by atoms with Crippen LogP contribution in [0, 0.1) is 11.8 Å². The monoisotopic (exact) mass is 1910 g/mol. The number of halogens is 3. The number of fused-ring (bicyclic) bond motifs is 3. The summed E-state index contributed by atoms with van der Waals surface area (Å²) in [6.07, 6.45) is 6.14. The molecular weight excluding hydrogens is 1810 g/mol. The van der Waals surface area contributed by atoms with Crippen molar-refractivity contribution >= 4 is 133 Å². The molecule has 3 heterocycles. The minimum absolute atomic E-state index is 0. The highest BCUT2D eigenvalue weighted by molar-refractivity contribution is 15.0. The van der Waals surface area contributed by atoms with Crippen LogP contribution in [-0.2, 0) is 4.57 Å². The average molecular weight is 1910 g/mol. The molecule has 0 bridgehead atoms. The molecule has 0 radical (unpaired) electrons. The molecule has 13 nitrogen and oxygen atoms in total. The number of nitrogens with zero attached hydrogens (tertiary/aromatic N) is 2. The van der Waals surface area contributed by atoms with Crippen LogP contribution in [0.3, 0.4) is 0 Å². The summed E-state index contributed by atoms with van der Waals surface area (Å²) in [6, 6.07) is 108. The Balaban J connectivity index is 0.000000247. The Morgan fingerprint density at radius 3 is 0.920 bits per heavy atom. The van der Waals surface area contributed by atoms with Crippen LogP contribution in [0.4, 0.5) is 22.7 Å². The van der Waals surface area contributed by atoms with Gasteiger partial charge in [-0.1, -0.05) is 274 Å².